The van der Waals surface area contributed by atoms with Gasteiger partial charge in [0.05, 0.1) is 6.20 Å². The summed E-state index contributed by atoms with van der Waals surface area (Å²) in [6, 6.07) is 11.4. The Bertz CT molecular complexity index is 592. The van der Waals surface area contributed by atoms with Crippen LogP contribution in [-0.2, 0) is 0 Å². The van der Waals surface area contributed by atoms with Crippen LogP contribution in [-0.4, -0.2) is 42.0 Å². The number of benzene rings is 1. The first-order valence-corrected chi connectivity index (χ1v) is 6.78. The molecule has 1 aliphatic rings. The van der Waals surface area contributed by atoms with E-state index in [-0.39, 0.29) is 5.91 Å². The van der Waals surface area contributed by atoms with Gasteiger partial charge in [-0.15, -0.1) is 0 Å². The minimum atomic E-state index is 0.0827. The molecule has 1 N–H and O–H groups in total. The zero-order valence-corrected chi connectivity index (χ0v) is 11.2. The van der Waals surface area contributed by atoms with Crippen molar-refractivity contribution in [2.45, 2.75) is 0 Å². The lowest BCUT2D eigenvalue weighted by atomic mass is 10.00. The smallest absolute Gasteiger partial charge is 0.254 e. The Morgan fingerprint density at radius 3 is 2.70 bits per heavy atom. The molecule has 4 heteroatoms. The van der Waals surface area contributed by atoms with Crippen LogP contribution >= 0.6 is 0 Å². The minimum Gasteiger partial charge on any atom is -0.336 e. The molecule has 20 heavy (non-hydrogen) atoms. The molecule has 0 saturated carbocycles. The lowest BCUT2D eigenvalue weighted by molar-refractivity contribution is 0.0736. The van der Waals surface area contributed by atoms with E-state index >= 15 is 0 Å². The molecule has 1 aliphatic heterocycles. The van der Waals surface area contributed by atoms with Crippen LogP contribution < -0.4 is 5.32 Å². The average Bonchev–Trinajstić information content (AvgIpc) is 2.56. The monoisotopic (exact) mass is 266 g/mol. The molecule has 3 rings (SSSR count). The van der Waals surface area contributed by atoms with E-state index in [1.54, 1.807) is 6.20 Å². The maximum absolute atomic E-state index is 12.7. The Labute approximate surface area is 118 Å². The van der Waals surface area contributed by atoms with Crippen molar-refractivity contribution in [2.24, 2.45) is 0 Å². The van der Waals surface area contributed by atoms with E-state index in [0.717, 1.165) is 42.9 Å². The van der Waals surface area contributed by atoms with Crippen LogP contribution in [0.5, 0.6) is 0 Å². The van der Waals surface area contributed by atoms with Crippen molar-refractivity contribution in [1.82, 2.24) is 15.2 Å². The molecule has 0 bridgehead atoms. The highest BCUT2D eigenvalue weighted by atomic mass is 16.2. The third kappa shape index (κ3) is 2.56. The SMILES string of the molecule is O=C(c1ccccc1-c1[c]nccc1)N1CCNCC1. The zero-order valence-electron chi connectivity index (χ0n) is 11.2. The zero-order chi connectivity index (χ0) is 13.8. The fourth-order valence-corrected chi connectivity index (χ4v) is 2.42. The van der Waals surface area contributed by atoms with Gasteiger partial charge in [-0.25, -0.2) is 0 Å². The molecule has 1 aromatic heterocycles. The van der Waals surface area contributed by atoms with Gasteiger partial charge in [0.1, 0.15) is 0 Å². The van der Waals surface area contributed by atoms with Gasteiger partial charge in [0.25, 0.3) is 5.91 Å². The number of amides is 1. The molecule has 0 atom stereocenters. The third-order valence-electron chi connectivity index (χ3n) is 3.46. The Morgan fingerprint density at radius 2 is 1.95 bits per heavy atom. The number of hydrogen-bond donors (Lipinski definition) is 1. The maximum atomic E-state index is 12.7. The second kappa shape index (κ2) is 5.84. The fraction of sp³-hybridized carbons (Fsp3) is 0.250. The quantitative estimate of drug-likeness (QED) is 0.898. The molecule has 0 spiro atoms. The van der Waals surface area contributed by atoms with Crippen molar-refractivity contribution < 1.29 is 4.79 Å². The topological polar surface area (TPSA) is 45.2 Å². The third-order valence-corrected chi connectivity index (χ3v) is 3.46. The van der Waals surface area contributed by atoms with E-state index in [1.807, 2.05) is 41.3 Å². The fourth-order valence-electron chi connectivity index (χ4n) is 2.42. The van der Waals surface area contributed by atoms with Gasteiger partial charge in [-0.3, -0.25) is 9.78 Å². The summed E-state index contributed by atoms with van der Waals surface area (Å²) in [5, 5.41) is 3.26. The highest BCUT2D eigenvalue weighted by Crippen LogP contribution is 2.23. The summed E-state index contributed by atoms with van der Waals surface area (Å²) < 4.78 is 0. The minimum absolute atomic E-state index is 0.0827. The first kappa shape index (κ1) is 12.8. The van der Waals surface area contributed by atoms with Crippen LogP contribution in [0.3, 0.4) is 0 Å². The Kier molecular flexibility index (Phi) is 3.74. The van der Waals surface area contributed by atoms with E-state index in [1.165, 1.54) is 0 Å². The summed E-state index contributed by atoms with van der Waals surface area (Å²) in [5.74, 6) is 0.0827. The van der Waals surface area contributed by atoms with Crippen LogP contribution in [0.15, 0.2) is 42.6 Å². The van der Waals surface area contributed by atoms with Gasteiger partial charge >= 0.3 is 0 Å². The van der Waals surface area contributed by atoms with Crippen molar-refractivity contribution >= 4 is 5.91 Å². The average molecular weight is 266 g/mol. The van der Waals surface area contributed by atoms with E-state index < -0.39 is 0 Å². The maximum Gasteiger partial charge on any atom is 0.254 e. The second-order valence-electron chi connectivity index (χ2n) is 4.75. The summed E-state index contributed by atoms with van der Waals surface area (Å²) in [4.78, 5) is 18.6. The van der Waals surface area contributed by atoms with Gasteiger partial charge in [-0.2, -0.15) is 0 Å². The first-order chi connectivity index (χ1) is 9.86. The molecule has 1 amide bonds. The number of carbonyl (C=O) groups is 1. The predicted octanol–water partition coefficient (Wildman–Crippen LogP) is 1.59. The van der Waals surface area contributed by atoms with Crippen molar-refractivity contribution in [3.8, 4) is 11.1 Å². The van der Waals surface area contributed by atoms with Gasteiger partial charge in [0.2, 0.25) is 0 Å². The van der Waals surface area contributed by atoms with Crippen LogP contribution in [0.2, 0.25) is 0 Å². The summed E-state index contributed by atoms with van der Waals surface area (Å²) in [5.41, 5.74) is 2.47. The second-order valence-corrected chi connectivity index (χ2v) is 4.75. The molecule has 1 aromatic carbocycles. The highest BCUT2D eigenvalue weighted by molar-refractivity contribution is 6.00. The van der Waals surface area contributed by atoms with Crippen LogP contribution in [0.4, 0.5) is 0 Å². The van der Waals surface area contributed by atoms with E-state index in [9.17, 15) is 4.79 Å². The molecule has 1 radical (unpaired) electrons. The number of hydrogen-bond acceptors (Lipinski definition) is 3. The summed E-state index contributed by atoms with van der Waals surface area (Å²) >= 11 is 0. The molecule has 0 aliphatic carbocycles. The van der Waals surface area contributed by atoms with Gasteiger partial charge in [0, 0.05) is 43.5 Å². The summed E-state index contributed by atoms with van der Waals surface area (Å²) in [6.07, 6.45) is 4.63. The van der Waals surface area contributed by atoms with E-state index in [0.29, 0.717) is 0 Å². The molecule has 101 valence electrons. The number of carbonyl (C=O) groups excluding carboxylic acids is 1. The Morgan fingerprint density at radius 1 is 1.15 bits per heavy atom. The van der Waals surface area contributed by atoms with Gasteiger partial charge in [-0.05, 0) is 17.7 Å². The van der Waals surface area contributed by atoms with Crippen LogP contribution in [0.25, 0.3) is 11.1 Å². The van der Waals surface area contributed by atoms with E-state index in [2.05, 4.69) is 16.5 Å². The standard InChI is InChI=1S/C16H16N3O/c20-16(19-10-8-17-9-11-19)15-6-2-1-5-14(15)13-4-3-7-18-12-13/h1-7,17H,8-11H2. The molecule has 2 aromatic rings. The molecule has 0 unspecified atom stereocenters. The predicted molar refractivity (Wildman–Crippen MR) is 77.3 cm³/mol. The number of rotatable bonds is 2. The normalized spacial score (nSPS) is 15.1. The number of piperazine rings is 1. The number of nitrogens with one attached hydrogen (secondary N) is 1. The lowest BCUT2D eigenvalue weighted by Crippen LogP contribution is -2.46. The van der Waals surface area contributed by atoms with Crippen molar-refractivity contribution in [3.05, 3.63) is 54.4 Å². The number of pyridine rings is 1. The van der Waals surface area contributed by atoms with E-state index in [4.69, 9.17) is 0 Å². The van der Waals surface area contributed by atoms with Gasteiger partial charge in [-0.1, -0.05) is 24.3 Å². The Hall–Kier alpha value is -2.20. The molecule has 1 saturated heterocycles. The molecule has 1 fully saturated rings. The summed E-state index contributed by atoms with van der Waals surface area (Å²) in [7, 11) is 0. The number of aromatic nitrogens is 1. The van der Waals surface area contributed by atoms with Crippen molar-refractivity contribution in [3.63, 3.8) is 0 Å². The largest absolute Gasteiger partial charge is 0.336 e. The van der Waals surface area contributed by atoms with Gasteiger partial charge in [0.15, 0.2) is 0 Å². The van der Waals surface area contributed by atoms with Crippen LogP contribution in [0, 0.1) is 6.20 Å². The van der Waals surface area contributed by atoms with Crippen LogP contribution in [0.1, 0.15) is 10.4 Å². The highest BCUT2D eigenvalue weighted by Gasteiger charge is 2.20. The molecule has 2 heterocycles. The molecular formula is C16H16N3O. The molecule has 4 nitrogen and oxygen atoms in total. The molecular weight excluding hydrogens is 250 g/mol. The summed E-state index contributed by atoms with van der Waals surface area (Å²) in [6.45, 7) is 3.22. The number of nitrogens with zero attached hydrogens (tertiary/aromatic N) is 2. The van der Waals surface area contributed by atoms with Crippen molar-refractivity contribution in [2.75, 3.05) is 26.2 Å². The van der Waals surface area contributed by atoms with Gasteiger partial charge < -0.3 is 10.2 Å². The Balaban J connectivity index is 1.95. The lowest BCUT2D eigenvalue weighted by Gasteiger charge is -2.28. The first-order valence-electron chi connectivity index (χ1n) is 6.78. The van der Waals surface area contributed by atoms with Crippen molar-refractivity contribution in [1.29, 1.82) is 0 Å².